The van der Waals surface area contributed by atoms with Crippen LogP contribution in [0.25, 0.3) is 0 Å². The third-order valence-electron chi connectivity index (χ3n) is 5.12. The largest absolute Gasteiger partial charge is 0.322 e. The molecule has 8 heteroatoms. The fourth-order valence-corrected chi connectivity index (χ4v) is 6.15. The van der Waals surface area contributed by atoms with E-state index in [1.54, 1.807) is 30.3 Å². The number of hydrogen-bond acceptors (Lipinski definition) is 4. The van der Waals surface area contributed by atoms with Crippen LogP contribution in [0, 0.1) is 0 Å². The molecule has 1 N–H and O–H groups in total. The maximum absolute atomic E-state index is 13.0. The number of carbonyl (C=O) groups excluding carboxylic acids is 1. The Balaban J connectivity index is 1.54. The number of carbonyl (C=O) groups is 1. The molecule has 31 heavy (non-hydrogen) atoms. The quantitative estimate of drug-likeness (QED) is 0.535. The Morgan fingerprint density at radius 2 is 1.84 bits per heavy atom. The summed E-state index contributed by atoms with van der Waals surface area (Å²) in [4.78, 5) is 13.9. The van der Waals surface area contributed by atoms with E-state index in [-0.39, 0.29) is 15.8 Å². The third kappa shape index (κ3) is 4.59. The lowest BCUT2D eigenvalue weighted by Gasteiger charge is -2.20. The lowest BCUT2D eigenvalue weighted by molar-refractivity contribution is 0.102. The molecule has 0 aliphatic carbocycles. The SMILES string of the molecule is CN(c1ccccc1)S(=O)(=O)c1ccc(NC(=O)c2ccc3c(c2)CCCS3)cc1Cl. The first-order valence-electron chi connectivity index (χ1n) is 9.77. The van der Waals surface area contributed by atoms with E-state index in [9.17, 15) is 13.2 Å². The number of para-hydroxylation sites is 1. The number of aryl methyl sites for hydroxylation is 1. The molecule has 0 saturated heterocycles. The van der Waals surface area contributed by atoms with Crippen LogP contribution in [0.1, 0.15) is 22.3 Å². The van der Waals surface area contributed by atoms with Gasteiger partial charge in [-0.3, -0.25) is 9.10 Å². The van der Waals surface area contributed by atoms with Gasteiger partial charge in [0, 0.05) is 23.2 Å². The van der Waals surface area contributed by atoms with Gasteiger partial charge in [0.1, 0.15) is 4.90 Å². The summed E-state index contributed by atoms with van der Waals surface area (Å²) in [6.07, 6.45) is 2.07. The first-order chi connectivity index (χ1) is 14.9. The van der Waals surface area contributed by atoms with Gasteiger partial charge in [-0.2, -0.15) is 0 Å². The van der Waals surface area contributed by atoms with Crippen molar-refractivity contribution < 1.29 is 13.2 Å². The monoisotopic (exact) mass is 472 g/mol. The Hall–Kier alpha value is -2.48. The average Bonchev–Trinajstić information content (AvgIpc) is 2.78. The Morgan fingerprint density at radius 3 is 2.58 bits per heavy atom. The Bertz CT molecular complexity index is 1230. The van der Waals surface area contributed by atoms with Gasteiger partial charge in [0.25, 0.3) is 15.9 Å². The second-order valence-corrected chi connectivity index (χ2v) is 10.7. The summed E-state index contributed by atoms with van der Waals surface area (Å²) in [6, 6.07) is 18.9. The number of benzene rings is 3. The second kappa shape index (κ2) is 8.94. The van der Waals surface area contributed by atoms with Crippen molar-refractivity contribution in [2.45, 2.75) is 22.6 Å². The van der Waals surface area contributed by atoms with Crippen LogP contribution < -0.4 is 9.62 Å². The summed E-state index contributed by atoms with van der Waals surface area (Å²) in [7, 11) is -2.37. The van der Waals surface area contributed by atoms with Gasteiger partial charge in [0.05, 0.1) is 10.7 Å². The molecule has 5 nitrogen and oxygen atoms in total. The molecule has 0 aromatic heterocycles. The van der Waals surface area contributed by atoms with Crippen molar-refractivity contribution in [1.29, 1.82) is 0 Å². The summed E-state index contributed by atoms with van der Waals surface area (Å²) >= 11 is 8.12. The third-order valence-corrected chi connectivity index (χ3v) is 8.59. The van der Waals surface area contributed by atoms with Crippen LogP contribution in [0.3, 0.4) is 0 Å². The number of sulfonamides is 1. The lowest BCUT2D eigenvalue weighted by Crippen LogP contribution is -2.26. The Morgan fingerprint density at radius 1 is 1.06 bits per heavy atom. The first kappa shape index (κ1) is 21.7. The highest BCUT2D eigenvalue weighted by atomic mass is 35.5. The van der Waals surface area contributed by atoms with Crippen LogP contribution in [-0.4, -0.2) is 27.1 Å². The van der Waals surface area contributed by atoms with Crippen molar-refractivity contribution in [3.05, 3.63) is 82.9 Å². The molecule has 0 spiro atoms. The first-order valence-corrected chi connectivity index (χ1v) is 12.6. The van der Waals surface area contributed by atoms with Crippen molar-refractivity contribution in [3.63, 3.8) is 0 Å². The van der Waals surface area contributed by atoms with Crippen LogP contribution in [-0.2, 0) is 16.4 Å². The minimum atomic E-state index is -3.84. The van der Waals surface area contributed by atoms with Crippen LogP contribution in [0.15, 0.2) is 76.5 Å². The fraction of sp³-hybridized carbons (Fsp3) is 0.174. The van der Waals surface area contributed by atoms with E-state index >= 15 is 0 Å². The molecule has 0 saturated carbocycles. The van der Waals surface area contributed by atoms with Gasteiger partial charge in [-0.25, -0.2) is 8.42 Å². The molecule has 1 amide bonds. The van der Waals surface area contributed by atoms with Crippen LogP contribution in [0.5, 0.6) is 0 Å². The smallest absolute Gasteiger partial charge is 0.265 e. The van der Waals surface area contributed by atoms with E-state index < -0.39 is 10.0 Å². The molecule has 0 atom stereocenters. The number of hydrogen-bond donors (Lipinski definition) is 1. The highest BCUT2D eigenvalue weighted by Crippen LogP contribution is 2.32. The van der Waals surface area contributed by atoms with Gasteiger partial charge in [0.15, 0.2) is 0 Å². The molecule has 0 radical (unpaired) electrons. The standard InChI is InChI=1S/C23H21ClN2O3S2/c1-26(19-7-3-2-4-8-19)31(28,29)22-12-10-18(15-20(22)24)25-23(27)17-9-11-21-16(14-17)6-5-13-30-21/h2-4,7-12,14-15H,5-6,13H2,1H3,(H,25,27). The zero-order valence-corrected chi connectivity index (χ0v) is 19.2. The number of halogens is 1. The van der Waals surface area contributed by atoms with E-state index in [0.717, 1.165) is 18.6 Å². The van der Waals surface area contributed by atoms with Crippen molar-refractivity contribution in [3.8, 4) is 0 Å². The van der Waals surface area contributed by atoms with Crippen LogP contribution in [0.4, 0.5) is 11.4 Å². The van der Waals surface area contributed by atoms with Crippen molar-refractivity contribution in [2.24, 2.45) is 0 Å². The minimum absolute atomic E-state index is 0.0238. The van der Waals surface area contributed by atoms with Gasteiger partial charge in [0.2, 0.25) is 0 Å². The maximum Gasteiger partial charge on any atom is 0.265 e. The molecule has 0 unspecified atom stereocenters. The highest BCUT2D eigenvalue weighted by Gasteiger charge is 2.24. The molecule has 1 aliphatic rings. The number of thioether (sulfide) groups is 1. The molecule has 3 aromatic rings. The normalized spacial score (nSPS) is 13.4. The predicted molar refractivity (Wildman–Crippen MR) is 127 cm³/mol. The Kier molecular flexibility index (Phi) is 6.27. The number of rotatable bonds is 5. The second-order valence-electron chi connectivity index (χ2n) is 7.18. The average molecular weight is 473 g/mol. The van der Waals surface area contributed by atoms with Gasteiger partial charge < -0.3 is 5.32 Å². The summed E-state index contributed by atoms with van der Waals surface area (Å²) in [5.41, 5.74) is 2.72. The van der Waals surface area contributed by atoms with Gasteiger partial charge in [-0.05, 0) is 72.7 Å². The minimum Gasteiger partial charge on any atom is -0.322 e. The molecule has 0 fully saturated rings. The molecular weight excluding hydrogens is 452 g/mol. The number of nitrogens with zero attached hydrogens (tertiary/aromatic N) is 1. The van der Waals surface area contributed by atoms with E-state index in [4.69, 9.17) is 11.6 Å². The van der Waals surface area contributed by atoms with Crippen molar-refractivity contribution >= 4 is 50.7 Å². The topological polar surface area (TPSA) is 66.5 Å². The van der Waals surface area contributed by atoms with E-state index in [1.165, 1.54) is 33.9 Å². The highest BCUT2D eigenvalue weighted by molar-refractivity contribution is 7.99. The van der Waals surface area contributed by atoms with Gasteiger partial charge >= 0.3 is 0 Å². The van der Waals surface area contributed by atoms with Crippen molar-refractivity contribution in [1.82, 2.24) is 0 Å². The van der Waals surface area contributed by atoms with Crippen molar-refractivity contribution in [2.75, 3.05) is 22.4 Å². The van der Waals surface area contributed by atoms with E-state index in [0.29, 0.717) is 16.9 Å². The summed E-state index contributed by atoms with van der Waals surface area (Å²) in [6.45, 7) is 0. The lowest BCUT2D eigenvalue weighted by atomic mass is 10.1. The van der Waals surface area contributed by atoms with Crippen LogP contribution in [0.2, 0.25) is 5.02 Å². The fourth-order valence-electron chi connectivity index (χ4n) is 3.42. The number of nitrogens with one attached hydrogen (secondary N) is 1. The number of fused-ring (bicyclic) bond motifs is 1. The maximum atomic E-state index is 13.0. The van der Waals surface area contributed by atoms with E-state index in [1.807, 2.05) is 36.0 Å². The van der Waals surface area contributed by atoms with Crippen LogP contribution >= 0.6 is 23.4 Å². The Labute approximate surface area is 191 Å². The summed E-state index contributed by atoms with van der Waals surface area (Å²) in [5.74, 6) is 0.845. The zero-order chi connectivity index (χ0) is 22.0. The molecule has 4 rings (SSSR count). The molecule has 0 bridgehead atoms. The molecular formula is C23H21ClN2O3S2. The molecule has 1 heterocycles. The van der Waals surface area contributed by atoms with Gasteiger partial charge in [-0.15, -0.1) is 11.8 Å². The summed E-state index contributed by atoms with van der Waals surface area (Å²) < 4.78 is 27.2. The predicted octanol–water partition coefficient (Wildman–Crippen LogP) is 5.46. The number of amides is 1. The molecule has 3 aromatic carbocycles. The summed E-state index contributed by atoms with van der Waals surface area (Å²) in [5, 5.41) is 2.85. The van der Waals surface area contributed by atoms with Gasteiger partial charge in [-0.1, -0.05) is 29.8 Å². The number of anilines is 2. The molecule has 160 valence electrons. The van der Waals surface area contributed by atoms with E-state index in [2.05, 4.69) is 5.32 Å². The zero-order valence-electron chi connectivity index (χ0n) is 16.8. The molecule has 1 aliphatic heterocycles.